The van der Waals surface area contributed by atoms with E-state index in [0.29, 0.717) is 17.7 Å². The second kappa shape index (κ2) is 8.66. The van der Waals surface area contributed by atoms with Crippen LogP contribution in [-0.2, 0) is 23.9 Å². The number of aliphatic carboxylic acids is 1. The van der Waals surface area contributed by atoms with Gasteiger partial charge in [0, 0.05) is 32.7 Å². The fourth-order valence-corrected chi connectivity index (χ4v) is 2.58. The Bertz CT molecular complexity index is 563. The van der Waals surface area contributed by atoms with E-state index >= 15 is 0 Å². The zero-order chi connectivity index (χ0) is 17.0. The highest BCUT2D eigenvalue weighted by atomic mass is 35.5. The Hall–Kier alpha value is -1.35. The van der Waals surface area contributed by atoms with Crippen molar-refractivity contribution in [2.75, 3.05) is 26.2 Å². The first-order chi connectivity index (χ1) is 10.8. The maximum atomic E-state index is 12.9. The topological polar surface area (TPSA) is 78.6 Å². The molecule has 1 aliphatic rings. The summed E-state index contributed by atoms with van der Waals surface area (Å²) in [4.78, 5) is 13.0. The van der Waals surface area contributed by atoms with Gasteiger partial charge in [0.15, 0.2) is 0 Å². The van der Waals surface area contributed by atoms with E-state index in [1.165, 1.54) is 6.07 Å². The van der Waals surface area contributed by atoms with Gasteiger partial charge in [0.2, 0.25) is 0 Å². The molecule has 0 radical (unpaired) electrons. The number of rotatable bonds is 5. The predicted octanol–water partition coefficient (Wildman–Crippen LogP) is 1.49. The first kappa shape index (κ1) is 20.7. The van der Waals surface area contributed by atoms with Crippen molar-refractivity contribution in [3.63, 3.8) is 0 Å². The van der Waals surface area contributed by atoms with Gasteiger partial charge >= 0.3 is 12.1 Å². The largest absolute Gasteiger partial charge is 0.480 e. The number of carbonyl (C=O) groups is 1. The number of carboxylic acids is 1. The smallest absolute Gasteiger partial charge is 0.416 e. The van der Waals surface area contributed by atoms with Crippen LogP contribution in [0.3, 0.4) is 0 Å². The molecule has 2 rings (SSSR count). The van der Waals surface area contributed by atoms with E-state index in [0.717, 1.165) is 38.3 Å². The first-order valence-corrected chi connectivity index (χ1v) is 7.38. The lowest BCUT2D eigenvalue weighted by Gasteiger charge is -2.28. The molecule has 0 spiro atoms. The summed E-state index contributed by atoms with van der Waals surface area (Å²) in [7, 11) is 0. The molecule has 0 bridgehead atoms. The highest BCUT2D eigenvalue weighted by molar-refractivity contribution is 5.85. The molecule has 1 aromatic carbocycles. The van der Waals surface area contributed by atoms with Crippen LogP contribution in [0.4, 0.5) is 13.2 Å². The van der Waals surface area contributed by atoms with Gasteiger partial charge < -0.3 is 16.2 Å². The van der Waals surface area contributed by atoms with Gasteiger partial charge in [-0.15, -0.1) is 12.4 Å². The Morgan fingerprint density at radius 3 is 2.46 bits per heavy atom. The van der Waals surface area contributed by atoms with Gasteiger partial charge in [0.25, 0.3) is 0 Å². The Labute approximate surface area is 144 Å². The fraction of sp³-hybridized carbons (Fsp3) is 0.533. The van der Waals surface area contributed by atoms with E-state index in [-0.39, 0.29) is 18.8 Å². The molecule has 1 fully saturated rings. The second-order valence-corrected chi connectivity index (χ2v) is 5.66. The van der Waals surface area contributed by atoms with Crippen molar-refractivity contribution in [3.8, 4) is 0 Å². The van der Waals surface area contributed by atoms with E-state index in [9.17, 15) is 18.0 Å². The van der Waals surface area contributed by atoms with E-state index in [1.54, 1.807) is 0 Å². The Morgan fingerprint density at radius 2 is 1.92 bits per heavy atom. The number of hydrogen-bond donors (Lipinski definition) is 3. The van der Waals surface area contributed by atoms with Crippen molar-refractivity contribution < 1.29 is 23.1 Å². The van der Waals surface area contributed by atoms with Crippen molar-refractivity contribution in [1.82, 2.24) is 10.2 Å². The van der Waals surface area contributed by atoms with Gasteiger partial charge in [0.1, 0.15) is 6.04 Å². The van der Waals surface area contributed by atoms with Gasteiger partial charge in [-0.1, -0.05) is 6.07 Å². The standard InChI is InChI=1S/C15H20F3N3O2.ClH/c16-15(17,18)12-2-1-10(9-21-5-3-20-4-6-21)11(7-12)8-13(19)14(22)23;/h1-2,7,13,20H,3-6,8-9,19H2,(H,22,23);1H/t13-;/m0./s1. The number of nitrogens with zero attached hydrogens (tertiary/aromatic N) is 1. The monoisotopic (exact) mass is 367 g/mol. The fourth-order valence-electron chi connectivity index (χ4n) is 2.58. The van der Waals surface area contributed by atoms with Gasteiger partial charge in [-0.3, -0.25) is 9.69 Å². The number of alkyl halides is 3. The number of benzene rings is 1. The Balaban J connectivity index is 0.00000288. The predicted molar refractivity (Wildman–Crippen MR) is 86.2 cm³/mol. The summed E-state index contributed by atoms with van der Waals surface area (Å²) in [5.74, 6) is -1.23. The molecule has 5 nitrogen and oxygen atoms in total. The Kier molecular flexibility index (Phi) is 7.47. The van der Waals surface area contributed by atoms with Crippen molar-refractivity contribution in [3.05, 3.63) is 34.9 Å². The summed E-state index contributed by atoms with van der Waals surface area (Å²) >= 11 is 0. The molecular formula is C15H21ClF3N3O2. The number of halogens is 4. The van der Waals surface area contributed by atoms with Crippen LogP contribution in [0.1, 0.15) is 16.7 Å². The van der Waals surface area contributed by atoms with Crippen molar-refractivity contribution in [1.29, 1.82) is 0 Å². The quantitative estimate of drug-likeness (QED) is 0.735. The zero-order valence-electron chi connectivity index (χ0n) is 13.0. The minimum Gasteiger partial charge on any atom is -0.480 e. The summed E-state index contributed by atoms with van der Waals surface area (Å²) in [6.07, 6.45) is -4.59. The molecule has 136 valence electrons. The number of nitrogens with two attached hydrogens (primary N) is 1. The van der Waals surface area contributed by atoms with Crippen LogP contribution in [0.25, 0.3) is 0 Å². The van der Waals surface area contributed by atoms with E-state index in [2.05, 4.69) is 10.2 Å². The van der Waals surface area contributed by atoms with E-state index in [4.69, 9.17) is 10.8 Å². The van der Waals surface area contributed by atoms with E-state index in [1.807, 2.05) is 0 Å². The zero-order valence-corrected chi connectivity index (χ0v) is 13.8. The van der Waals surface area contributed by atoms with Crippen molar-refractivity contribution in [2.45, 2.75) is 25.2 Å². The normalized spacial score (nSPS) is 17.2. The number of hydrogen-bond acceptors (Lipinski definition) is 4. The highest BCUT2D eigenvalue weighted by Gasteiger charge is 2.31. The number of nitrogens with one attached hydrogen (secondary N) is 1. The van der Waals surface area contributed by atoms with Crippen LogP contribution in [0.5, 0.6) is 0 Å². The average Bonchev–Trinajstić information content (AvgIpc) is 2.48. The molecule has 0 saturated carbocycles. The van der Waals surface area contributed by atoms with Crippen LogP contribution < -0.4 is 11.1 Å². The summed E-state index contributed by atoms with van der Waals surface area (Å²) in [6, 6.07) is 2.25. The number of carboxylic acid groups (broad SMARTS) is 1. The second-order valence-electron chi connectivity index (χ2n) is 5.66. The molecule has 24 heavy (non-hydrogen) atoms. The minimum absolute atomic E-state index is 0. The molecule has 0 unspecified atom stereocenters. The summed E-state index contributed by atoms with van der Waals surface area (Å²) in [6.45, 7) is 3.73. The van der Waals surface area contributed by atoms with Gasteiger partial charge in [0.05, 0.1) is 5.56 Å². The molecule has 4 N–H and O–H groups in total. The molecule has 9 heteroatoms. The third kappa shape index (κ3) is 5.62. The summed E-state index contributed by atoms with van der Waals surface area (Å²) in [5, 5.41) is 12.1. The third-order valence-corrected chi connectivity index (χ3v) is 3.89. The molecule has 0 aromatic heterocycles. The molecule has 1 saturated heterocycles. The van der Waals surface area contributed by atoms with Gasteiger partial charge in [-0.05, 0) is 29.7 Å². The summed E-state index contributed by atoms with van der Waals surface area (Å²) < 4.78 is 38.7. The molecule has 1 aliphatic heterocycles. The lowest BCUT2D eigenvalue weighted by Crippen LogP contribution is -2.43. The average molecular weight is 368 g/mol. The van der Waals surface area contributed by atoms with E-state index < -0.39 is 23.8 Å². The third-order valence-electron chi connectivity index (χ3n) is 3.89. The maximum absolute atomic E-state index is 12.9. The van der Waals surface area contributed by atoms with Crippen LogP contribution in [0.2, 0.25) is 0 Å². The van der Waals surface area contributed by atoms with Crippen LogP contribution >= 0.6 is 12.4 Å². The lowest BCUT2D eigenvalue weighted by molar-refractivity contribution is -0.138. The SMILES string of the molecule is Cl.N[C@@H](Cc1cc(C(F)(F)F)ccc1CN1CCNCC1)C(=O)O. The molecule has 0 aliphatic carbocycles. The van der Waals surface area contributed by atoms with Gasteiger partial charge in [-0.2, -0.15) is 13.2 Å². The Morgan fingerprint density at radius 1 is 1.29 bits per heavy atom. The maximum Gasteiger partial charge on any atom is 0.416 e. The van der Waals surface area contributed by atoms with Crippen LogP contribution in [-0.4, -0.2) is 48.2 Å². The molecular weight excluding hydrogens is 347 g/mol. The van der Waals surface area contributed by atoms with Crippen LogP contribution in [0.15, 0.2) is 18.2 Å². The number of piperazine rings is 1. The molecule has 0 amide bonds. The molecule has 1 heterocycles. The summed E-state index contributed by atoms with van der Waals surface area (Å²) in [5.41, 5.74) is 5.75. The van der Waals surface area contributed by atoms with Crippen molar-refractivity contribution >= 4 is 18.4 Å². The minimum atomic E-state index is -4.46. The molecule has 1 atom stereocenters. The van der Waals surface area contributed by atoms with Crippen LogP contribution in [0, 0.1) is 0 Å². The lowest BCUT2D eigenvalue weighted by atomic mass is 9.97. The van der Waals surface area contributed by atoms with Crippen molar-refractivity contribution in [2.24, 2.45) is 5.73 Å². The van der Waals surface area contributed by atoms with Gasteiger partial charge in [-0.25, -0.2) is 0 Å². The first-order valence-electron chi connectivity index (χ1n) is 7.38. The highest BCUT2D eigenvalue weighted by Crippen LogP contribution is 2.31. The molecule has 1 aromatic rings.